The molecule has 1 aromatic heterocycles. The van der Waals surface area contributed by atoms with Crippen molar-refractivity contribution in [2.75, 3.05) is 50.5 Å². The summed E-state index contributed by atoms with van der Waals surface area (Å²) in [6.45, 7) is 3.03. The normalized spacial score (nSPS) is 16.8. The van der Waals surface area contributed by atoms with Crippen LogP contribution < -0.4 is 9.64 Å². The molecule has 1 atom stereocenters. The fraction of sp³-hybridized carbons (Fsp3) is 0.273. The van der Waals surface area contributed by atoms with Crippen molar-refractivity contribution in [3.05, 3.63) is 95.8 Å². The number of anilines is 1. The summed E-state index contributed by atoms with van der Waals surface area (Å²) in [6.07, 6.45) is 0. The molecule has 3 aromatic carbocycles. The maximum atomic E-state index is 14.0. The first-order valence-electron chi connectivity index (χ1n) is 14.4. The third-order valence-electron chi connectivity index (χ3n) is 8.00. The van der Waals surface area contributed by atoms with Crippen molar-refractivity contribution in [1.29, 1.82) is 0 Å². The lowest BCUT2D eigenvalue weighted by Crippen LogP contribution is -2.53. The van der Waals surface area contributed by atoms with E-state index in [1.807, 2.05) is 54.6 Å². The molecule has 2 aliphatic heterocycles. The van der Waals surface area contributed by atoms with Crippen LogP contribution in [0.2, 0.25) is 0 Å². The van der Waals surface area contributed by atoms with Crippen LogP contribution in [0.3, 0.4) is 0 Å². The molecular weight excluding hydrogens is 581 g/mol. The first kappa shape index (κ1) is 29.4. The predicted octanol–water partition coefficient (Wildman–Crippen LogP) is 4.55. The smallest absolute Gasteiger partial charge is 0.242 e. The summed E-state index contributed by atoms with van der Waals surface area (Å²) in [6, 6.07) is 23.4. The molecule has 1 fully saturated rings. The summed E-state index contributed by atoms with van der Waals surface area (Å²) in [4.78, 5) is 44.5. The maximum Gasteiger partial charge on any atom is 0.242 e. The molecule has 2 aliphatic rings. The summed E-state index contributed by atoms with van der Waals surface area (Å²) < 4.78 is 21.1. The highest BCUT2D eigenvalue weighted by atomic mass is 32.2. The van der Waals surface area contributed by atoms with Crippen LogP contribution in [-0.2, 0) is 14.4 Å². The molecule has 11 heteroatoms. The Kier molecular flexibility index (Phi) is 8.38. The number of aromatic nitrogens is 2. The molecule has 3 heterocycles. The Morgan fingerprint density at radius 1 is 0.932 bits per heavy atom. The van der Waals surface area contributed by atoms with Crippen LogP contribution in [0.5, 0.6) is 5.75 Å². The third kappa shape index (κ3) is 5.79. The molecule has 226 valence electrons. The molecule has 6 rings (SSSR count). The van der Waals surface area contributed by atoms with Crippen molar-refractivity contribution in [1.82, 2.24) is 19.6 Å². The van der Waals surface area contributed by atoms with Gasteiger partial charge in [0.15, 0.2) is 0 Å². The molecule has 0 N–H and O–H groups in total. The van der Waals surface area contributed by atoms with Gasteiger partial charge in [0.05, 0.1) is 29.5 Å². The number of hydrogen-bond acceptors (Lipinski definition) is 6. The van der Waals surface area contributed by atoms with Crippen molar-refractivity contribution < 1.29 is 23.5 Å². The summed E-state index contributed by atoms with van der Waals surface area (Å²) in [5, 5.41) is 4.72. The Balaban J connectivity index is 1.51. The highest BCUT2D eigenvalue weighted by Gasteiger charge is 2.38. The topological polar surface area (TPSA) is 88.0 Å². The van der Waals surface area contributed by atoms with Gasteiger partial charge in [-0.2, -0.15) is 5.10 Å². The van der Waals surface area contributed by atoms with Crippen LogP contribution in [0.15, 0.2) is 78.9 Å². The molecule has 0 saturated carbocycles. The number of carbonyl (C=O) groups excluding carboxylic acids is 3. The quantitative estimate of drug-likeness (QED) is 0.317. The van der Waals surface area contributed by atoms with E-state index in [0.717, 1.165) is 16.7 Å². The second-order valence-electron chi connectivity index (χ2n) is 10.7. The highest BCUT2D eigenvalue weighted by molar-refractivity contribution is 8.00. The number of nitrogens with zero attached hydrogens (tertiary/aromatic N) is 5. The van der Waals surface area contributed by atoms with Gasteiger partial charge in [-0.05, 0) is 42.0 Å². The second-order valence-corrected chi connectivity index (χ2v) is 11.8. The van der Waals surface area contributed by atoms with E-state index in [2.05, 4.69) is 0 Å². The molecule has 0 radical (unpaired) electrons. The molecule has 0 aliphatic carbocycles. The van der Waals surface area contributed by atoms with E-state index in [1.54, 1.807) is 33.7 Å². The number of rotatable bonds is 6. The lowest BCUT2D eigenvalue weighted by Gasteiger charge is -2.35. The van der Waals surface area contributed by atoms with E-state index in [-0.39, 0.29) is 41.1 Å². The highest BCUT2D eigenvalue weighted by Crippen LogP contribution is 2.48. The van der Waals surface area contributed by atoms with Gasteiger partial charge in [0.2, 0.25) is 17.7 Å². The number of halogens is 1. The van der Waals surface area contributed by atoms with Gasteiger partial charge < -0.3 is 14.5 Å². The Bertz CT molecular complexity index is 1670. The number of ether oxygens (including phenoxy) is 1. The van der Waals surface area contributed by atoms with Gasteiger partial charge >= 0.3 is 0 Å². The lowest BCUT2D eigenvalue weighted by atomic mass is 9.99. The first-order chi connectivity index (χ1) is 21.3. The number of thioether (sulfide) groups is 1. The minimum atomic E-state index is -0.365. The zero-order valence-electron chi connectivity index (χ0n) is 24.5. The van der Waals surface area contributed by atoms with Crippen molar-refractivity contribution in [2.24, 2.45) is 0 Å². The summed E-state index contributed by atoms with van der Waals surface area (Å²) in [5.41, 5.74) is 3.80. The van der Waals surface area contributed by atoms with Crippen molar-refractivity contribution >= 4 is 35.3 Å². The van der Waals surface area contributed by atoms with E-state index in [9.17, 15) is 18.8 Å². The molecule has 1 unspecified atom stereocenters. The molecule has 3 amide bonds. The Hall–Kier alpha value is -4.64. The molecule has 0 spiro atoms. The Morgan fingerprint density at radius 3 is 2.23 bits per heavy atom. The van der Waals surface area contributed by atoms with Crippen LogP contribution in [0.1, 0.15) is 23.3 Å². The van der Waals surface area contributed by atoms with E-state index >= 15 is 0 Å². The average Bonchev–Trinajstić information content (AvgIpc) is 3.38. The predicted molar refractivity (Wildman–Crippen MR) is 167 cm³/mol. The molecular formula is C33H32FN5O4S. The van der Waals surface area contributed by atoms with Crippen molar-refractivity contribution in [3.8, 4) is 22.7 Å². The van der Waals surface area contributed by atoms with E-state index in [4.69, 9.17) is 9.84 Å². The SMILES string of the molecule is COc1ccc(-n2nc(-c3ccccc3)c3c2N(CC(=O)N2CCN(C(C)=O)CC2)C(=O)CSC3c2ccc(F)cc2)cc1. The Labute approximate surface area is 259 Å². The number of benzene rings is 3. The van der Waals surface area contributed by atoms with Crippen LogP contribution >= 0.6 is 11.8 Å². The zero-order valence-corrected chi connectivity index (χ0v) is 25.3. The van der Waals surface area contributed by atoms with Gasteiger partial charge in [0.1, 0.15) is 23.9 Å². The average molecular weight is 614 g/mol. The monoisotopic (exact) mass is 613 g/mol. The van der Waals surface area contributed by atoms with Gasteiger partial charge in [0, 0.05) is 44.2 Å². The van der Waals surface area contributed by atoms with Gasteiger partial charge in [0.25, 0.3) is 0 Å². The minimum absolute atomic E-state index is 0.0230. The standard InChI is InChI=1S/C33H32FN5O4S/c1-22(40)36-16-18-37(19-17-36)28(41)20-38-29(42)21-44-32(24-8-10-25(34)11-9-24)30-31(23-6-4-3-5-7-23)35-39(33(30)38)26-12-14-27(43-2)15-13-26/h3-15,32H,16-21H2,1-2H3. The first-order valence-corrected chi connectivity index (χ1v) is 15.4. The molecule has 1 saturated heterocycles. The zero-order chi connectivity index (χ0) is 30.8. The number of fused-ring (bicyclic) bond motifs is 1. The van der Waals surface area contributed by atoms with Gasteiger partial charge in [-0.15, -0.1) is 11.8 Å². The Morgan fingerprint density at radius 2 is 1.59 bits per heavy atom. The number of methoxy groups -OCH3 is 1. The molecule has 4 aromatic rings. The molecule has 0 bridgehead atoms. The second kappa shape index (κ2) is 12.5. The molecule has 44 heavy (non-hydrogen) atoms. The number of carbonyl (C=O) groups is 3. The summed E-state index contributed by atoms with van der Waals surface area (Å²) in [5.74, 6) is 0.464. The van der Waals surface area contributed by atoms with Crippen LogP contribution in [0.25, 0.3) is 16.9 Å². The van der Waals surface area contributed by atoms with Crippen LogP contribution in [0.4, 0.5) is 10.2 Å². The summed E-state index contributed by atoms with van der Waals surface area (Å²) in [7, 11) is 1.59. The van der Waals surface area contributed by atoms with E-state index in [0.29, 0.717) is 49.1 Å². The summed E-state index contributed by atoms with van der Waals surface area (Å²) >= 11 is 1.43. The van der Waals surface area contributed by atoms with Gasteiger partial charge in [-0.3, -0.25) is 19.3 Å². The maximum absolute atomic E-state index is 14.0. The van der Waals surface area contributed by atoms with Gasteiger partial charge in [-0.25, -0.2) is 9.07 Å². The van der Waals surface area contributed by atoms with E-state index < -0.39 is 0 Å². The number of amides is 3. The lowest BCUT2D eigenvalue weighted by molar-refractivity contribution is -0.137. The number of hydrogen-bond donors (Lipinski definition) is 0. The van der Waals surface area contributed by atoms with Crippen molar-refractivity contribution in [2.45, 2.75) is 12.2 Å². The largest absolute Gasteiger partial charge is 0.497 e. The van der Waals surface area contributed by atoms with Crippen molar-refractivity contribution in [3.63, 3.8) is 0 Å². The minimum Gasteiger partial charge on any atom is -0.497 e. The fourth-order valence-corrected chi connectivity index (χ4v) is 6.84. The van der Waals surface area contributed by atoms with Gasteiger partial charge in [-0.1, -0.05) is 42.5 Å². The third-order valence-corrected chi connectivity index (χ3v) is 9.25. The van der Waals surface area contributed by atoms with Crippen LogP contribution in [0, 0.1) is 5.82 Å². The number of piperazine rings is 1. The van der Waals surface area contributed by atoms with Crippen LogP contribution in [-0.4, -0.2) is 82.9 Å². The molecule has 9 nitrogen and oxygen atoms in total. The fourth-order valence-electron chi connectivity index (χ4n) is 5.64. The van der Waals surface area contributed by atoms with E-state index in [1.165, 1.54) is 35.7 Å².